The second-order valence-corrected chi connectivity index (χ2v) is 1.31. The van der Waals surface area contributed by atoms with Crippen LogP contribution in [0.25, 0.3) is 0 Å². The van der Waals surface area contributed by atoms with E-state index in [9.17, 15) is 13.2 Å². The summed E-state index contributed by atoms with van der Waals surface area (Å²) < 4.78 is 37.5. The van der Waals surface area contributed by atoms with E-state index in [4.69, 9.17) is 4.78 Å². The molecule has 39 valence electrons. The standard InChI is InChI=1S/CH2F3NS.Li/c2-1(3,4)6-5;/h5-6H;. The van der Waals surface area contributed by atoms with Gasteiger partial charge in [-0.15, -0.1) is 0 Å². The summed E-state index contributed by atoms with van der Waals surface area (Å²) in [5.41, 5.74) is -4.32. The maximum Gasteiger partial charge on any atom is 0.449 e. The molecule has 0 saturated carbocycles. The molecule has 0 atom stereocenters. The molecule has 0 unspecified atom stereocenters. The molecule has 1 N–H and O–H groups in total. The number of rotatable bonds is 0. The number of hydrogen-bond donors (Lipinski definition) is 2. The van der Waals surface area contributed by atoms with Crippen LogP contribution in [-0.4, -0.2) is 24.4 Å². The third-order valence-corrected chi connectivity index (χ3v) is 0.380. The summed E-state index contributed by atoms with van der Waals surface area (Å²) in [7, 11) is 0. The summed E-state index contributed by atoms with van der Waals surface area (Å²) >= 11 is -1.28. The Morgan fingerprint density at radius 2 is 1.43 bits per heavy atom. The third kappa shape index (κ3) is 10.8. The van der Waals surface area contributed by atoms with Crippen LogP contribution >= 0.6 is 0 Å². The molecule has 0 fully saturated rings. The molecule has 0 spiro atoms. The minimum Gasteiger partial charge on any atom is -0.275 e. The van der Waals surface area contributed by atoms with Crippen molar-refractivity contribution in [3.63, 3.8) is 0 Å². The zero-order chi connectivity index (χ0) is 5.21. The molecule has 0 aliphatic rings. The number of alkyl halides is 3. The van der Waals surface area contributed by atoms with E-state index < -0.39 is 17.1 Å². The monoisotopic (exact) mass is 124 g/mol. The van der Waals surface area contributed by atoms with Gasteiger partial charge in [-0.2, -0.15) is 13.2 Å². The summed E-state index contributed by atoms with van der Waals surface area (Å²) in [4.78, 5) is 0. The van der Waals surface area contributed by atoms with Crippen LogP contribution in [0.4, 0.5) is 13.2 Å². The zero-order valence-electron chi connectivity index (χ0n) is 3.58. The second kappa shape index (κ2) is 3.53. The van der Waals surface area contributed by atoms with Crippen LogP contribution in [0.15, 0.2) is 0 Å². The van der Waals surface area contributed by atoms with E-state index in [1.165, 1.54) is 0 Å². The van der Waals surface area contributed by atoms with Crippen molar-refractivity contribution in [2.75, 3.05) is 0 Å². The summed E-state index contributed by atoms with van der Waals surface area (Å²) in [6, 6.07) is 0. The summed E-state index contributed by atoms with van der Waals surface area (Å²) in [6.07, 6.45) is 0. The Morgan fingerprint density at radius 3 is 1.43 bits per heavy atom. The van der Waals surface area contributed by atoms with Gasteiger partial charge >= 0.3 is 5.51 Å². The third-order valence-electron chi connectivity index (χ3n) is 0.127. The Labute approximate surface area is 54.4 Å². The molecule has 6 heteroatoms. The van der Waals surface area contributed by atoms with E-state index in [1.54, 1.807) is 0 Å². The van der Waals surface area contributed by atoms with Gasteiger partial charge in [-0.1, -0.05) is 0 Å². The first kappa shape index (κ1) is 10.5. The Balaban J connectivity index is 0. The Kier molecular flexibility index (Phi) is 5.30. The SMILES string of the molecule is N=[SH]C(F)(F)F.[Li]. The molecule has 0 aromatic rings. The predicted octanol–water partition coefficient (Wildman–Crippen LogP) is 0.703. The largest absolute Gasteiger partial charge is 0.449 e. The molecular weight excluding hydrogens is 122 g/mol. The quantitative estimate of drug-likeness (QED) is 0.351. The Hall–Kier alpha value is 0.537. The molecule has 1 radical (unpaired) electrons. The van der Waals surface area contributed by atoms with Crippen molar-refractivity contribution in [3.05, 3.63) is 0 Å². The van der Waals surface area contributed by atoms with E-state index in [2.05, 4.69) is 0 Å². The summed E-state index contributed by atoms with van der Waals surface area (Å²) in [5.74, 6) is 0. The topological polar surface area (TPSA) is 23.9 Å². The van der Waals surface area contributed by atoms with Gasteiger partial charge < -0.3 is 0 Å². The minimum atomic E-state index is -4.32. The van der Waals surface area contributed by atoms with Crippen LogP contribution in [0.1, 0.15) is 0 Å². The maximum absolute atomic E-state index is 10.6. The van der Waals surface area contributed by atoms with Gasteiger partial charge in [-0.25, -0.2) is 0 Å². The fourth-order valence-electron chi connectivity index (χ4n) is 0. The average Bonchev–Trinajstić information content (AvgIpc) is 1.35. The zero-order valence-corrected chi connectivity index (χ0v) is 4.48. The maximum atomic E-state index is 10.6. The Morgan fingerprint density at radius 1 is 1.29 bits per heavy atom. The van der Waals surface area contributed by atoms with Crippen molar-refractivity contribution in [1.29, 1.82) is 4.78 Å². The summed E-state index contributed by atoms with van der Waals surface area (Å²) in [6.45, 7) is 0. The molecule has 0 rings (SSSR count). The number of halogens is 3. The van der Waals surface area contributed by atoms with Crippen molar-refractivity contribution >= 4 is 30.4 Å². The van der Waals surface area contributed by atoms with Gasteiger partial charge in [-0.3, -0.25) is 4.78 Å². The first-order valence-corrected chi connectivity index (χ1v) is 1.91. The Bertz CT molecular complexity index is 60.4. The molecule has 0 saturated heterocycles. The van der Waals surface area contributed by atoms with Crippen LogP contribution in [0.3, 0.4) is 0 Å². The fraction of sp³-hybridized carbons (Fsp3) is 1.00. The van der Waals surface area contributed by atoms with E-state index in [0.29, 0.717) is 0 Å². The van der Waals surface area contributed by atoms with Crippen LogP contribution < -0.4 is 0 Å². The van der Waals surface area contributed by atoms with E-state index >= 15 is 0 Å². The summed E-state index contributed by atoms with van der Waals surface area (Å²) in [5, 5.41) is 0. The average molecular weight is 124 g/mol. The van der Waals surface area contributed by atoms with Gasteiger partial charge in [0.25, 0.3) is 0 Å². The predicted molar refractivity (Wildman–Crippen MR) is 23.3 cm³/mol. The van der Waals surface area contributed by atoms with Gasteiger partial charge in [0.15, 0.2) is 0 Å². The van der Waals surface area contributed by atoms with Crippen LogP contribution in [-0.2, 0) is 11.6 Å². The van der Waals surface area contributed by atoms with Crippen molar-refractivity contribution in [2.24, 2.45) is 0 Å². The molecular formula is CH2F3LiNS. The van der Waals surface area contributed by atoms with E-state index in [1.807, 2.05) is 0 Å². The van der Waals surface area contributed by atoms with Gasteiger partial charge in [0.05, 0.1) is 0 Å². The number of nitrogens with one attached hydrogen (secondary N) is 1. The molecule has 0 bridgehead atoms. The number of thiol groups is 1. The van der Waals surface area contributed by atoms with Crippen molar-refractivity contribution in [3.8, 4) is 0 Å². The first-order chi connectivity index (χ1) is 2.56. The molecule has 0 aromatic carbocycles. The molecule has 1 nitrogen and oxygen atoms in total. The molecule has 0 aliphatic carbocycles. The van der Waals surface area contributed by atoms with Crippen LogP contribution in [0.5, 0.6) is 0 Å². The van der Waals surface area contributed by atoms with Gasteiger partial charge in [0.1, 0.15) is 0 Å². The van der Waals surface area contributed by atoms with Gasteiger partial charge in [0, 0.05) is 18.9 Å². The van der Waals surface area contributed by atoms with E-state index in [-0.39, 0.29) is 18.9 Å². The first-order valence-electron chi connectivity index (χ1n) is 1.01. The van der Waals surface area contributed by atoms with E-state index in [0.717, 1.165) is 0 Å². The minimum absolute atomic E-state index is 0. The van der Waals surface area contributed by atoms with Crippen molar-refractivity contribution in [1.82, 2.24) is 0 Å². The van der Waals surface area contributed by atoms with Gasteiger partial charge in [-0.05, 0) is 11.6 Å². The van der Waals surface area contributed by atoms with Gasteiger partial charge in [0.2, 0.25) is 0 Å². The fourth-order valence-corrected chi connectivity index (χ4v) is 0. The molecule has 0 heterocycles. The normalized spacial score (nSPS) is 10.1. The molecule has 0 amide bonds. The molecule has 0 aromatic heterocycles. The van der Waals surface area contributed by atoms with Crippen LogP contribution in [0, 0.1) is 4.78 Å². The second-order valence-electron chi connectivity index (χ2n) is 0.580. The molecule has 0 aliphatic heterocycles. The van der Waals surface area contributed by atoms with Crippen molar-refractivity contribution < 1.29 is 13.2 Å². The number of hydrogen-bond acceptors (Lipinski definition) is 1. The van der Waals surface area contributed by atoms with Crippen molar-refractivity contribution in [2.45, 2.75) is 5.51 Å². The van der Waals surface area contributed by atoms with Crippen LogP contribution in [0.2, 0.25) is 0 Å². The molecule has 7 heavy (non-hydrogen) atoms. The smallest absolute Gasteiger partial charge is 0.275 e.